The van der Waals surface area contributed by atoms with Gasteiger partial charge in [0.15, 0.2) is 11.4 Å². The molecule has 1 amide bonds. The van der Waals surface area contributed by atoms with Crippen LogP contribution < -0.4 is 24.4 Å². The largest absolute Gasteiger partial charge is 0.489 e. The molecular weight excluding hydrogens is 894 g/mol. The number of H-pyrrole nitrogens is 1. The van der Waals surface area contributed by atoms with Crippen LogP contribution in [0.15, 0.2) is 78.0 Å². The Morgan fingerprint density at radius 1 is 1.03 bits per heavy atom. The number of nitro benzene ring substituents is 1. The molecule has 18 heteroatoms. The van der Waals surface area contributed by atoms with Crippen LogP contribution in [0, 0.1) is 27.3 Å². The van der Waals surface area contributed by atoms with Gasteiger partial charge in [0, 0.05) is 62.3 Å². The number of sulfonamides is 1. The zero-order valence-electron chi connectivity index (χ0n) is 38.5. The number of anilines is 2. The first-order chi connectivity index (χ1) is 32.4. The van der Waals surface area contributed by atoms with E-state index in [0.717, 1.165) is 68.6 Å². The molecule has 2 aliphatic carbocycles. The van der Waals surface area contributed by atoms with Crippen molar-refractivity contribution in [2.24, 2.45) is 11.3 Å². The first-order valence-electron chi connectivity index (χ1n) is 23.7. The summed E-state index contributed by atoms with van der Waals surface area (Å²) in [4.78, 5) is 36.9. The van der Waals surface area contributed by atoms with Crippen LogP contribution in [0.4, 0.5) is 21.5 Å². The quantitative estimate of drug-likeness (QED) is 0.0627. The number of likely N-dealkylation sites (tertiary alicyclic amines) is 1. The number of ether oxygens (including phenoxy) is 2. The zero-order valence-corrected chi connectivity index (χ0v) is 39.3. The van der Waals surface area contributed by atoms with E-state index in [0.29, 0.717) is 50.3 Å². The topological polar surface area (TPSA) is 212 Å². The smallest absolute Gasteiger partial charge is 0.297 e. The van der Waals surface area contributed by atoms with Crippen molar-refractivity contribution in [3.8, 4) is 17.2 Å². The maximum absolute atomic E-state index is 14.7. The molecule has 3 aliphatic heterocycles. The summed E-state index contributed by atoms with van der Waals surface area (Å²) in [5.74, 6) is -1.17. The molecule has 2 saturated heterocycles. The fourth-order valence-corrected chi connectivity index (χ4v) is 12.6. The number of nitro groups is 1. The van der Waals surface area contributed by atoms with E-state index in [1.807, 2.05) is 12.1 Å². The second-order valence-corrected chi connectivity index (χ2v) is 22.0. The number of carbonyl (C=O) groups excluding carboxylic acids is 1. The van der Waals surface area contributed by atoms with Crippen LogP contribution in [-0.2, 0) is 15.6 Å². The van der Waals surface area contributed by atoms with Crippen LogP contribution in [0.1, 0.15) is 106 Å². The molecule has 3 aromatic carbocycles. The van der Waals surface area contributed by atoms with Gasteiger partial charge in [-0.15, -0.1) is 0 Å². The minimum atomic E-state index is -4.73. The number of nitrogens with zero attached hydrogens (tertiary/aromatic N) is 4. The number of carbonyl (C=O) groups is 1. The van der Waals surface area contributed by atoms with Crippen molar-refractivity contribution in [3.63, 3.8) is 0 Å². The molecule has 2 aromatic heterocycles. The predicted molar refractivity (Wildman–Crippen MR) is 253 cm³/mol. The van der Waals surface area contributed by atoms with Gasteiger partial charge in [-0.1, -0.05) is 38.1 Å². The molecule has 5 aromatic rings. The van der Waals surface area contributed by atoms with Crippen molar-refractivity contribution < 1.29 is 42.2 Å². The molecule has 360 valence electrons. The molecule has 4 fully saturated rings. The number of aromatic nitrogens is 2. The molecule has 0 bridgehead atoms. The molecular formula is C50H58FN7O9S. The summed E-state index contributed by atoms with van der Waals surface area (Å²) in [5.41, 5.74) is 1.07. The highest BCUT2D eigenvalue weighted by molar-refractivity contribution is 7.90. The number of fused-ring (bicyclic) bond motifs is 2. The van der Waals surface area contributed by atoms with Gasteiger partial charge in [0.05, 0.1) is 38.6 Å². The molecule has 5 aliphatic rings. The lowest BCUT2D eigenvalue weighted by Crippen LogP contribution is -2.65. The zero-order chi connectivity index (χ0) is 47.8. The maximum atomic E-state index is 14.7. The van der Waals surface area contributed by atoms with Crippen LogP contribution in [0.25, 0.3) is 11.0 Å². The van der Waals surface area contributed by atoms with Crippen molar-refractivity contribution in [3.05, 3.63) is 106 Å². The van der Waals surface area contributed by atoms with E-state index in [4.69, 9.17) is 9.47 Å². The van der Waals surface area contributed by atoms with E-state index in [1.54, 1.807) is 19.1 Å². The Hall–Kier alpha value is -5.82. The highest BCUT2D eigenvalue weighted by atomic mass is 32.2. The number of rotatable bonds is 11. The van der Waals surface area contributed by atoms with E-state index in [1.165, 1.54) is 30.1 Å². The molecule has 0 radical (unpaired) electrons. The molecule has 3 atom stereocenters. The Labute approximate surface area is 394 Å². The number of amides is 1. The second-order valence-electron chi connectivity index (χ2n) is 20.4. The number of pyridine rings is 1. The molecule has 5 heterocycles. The summed E-state index contributed by atoms with van der Waals surface area (Å²) in [6, 6.07) is 16.4. The number of hydrogen-bond acceptors (Lipinski definition) is 13. The van der Waals surface area contributed by atoms with Gasteiger partial charge in [-0.05, 0) is 111 Å². The number of aromatic amines is 1. The van der Waals surface area contributed by atoms with E-state index in [9.17, 15) is 37.9 Å². The Bertz CT molecular complexity index is 2880. The van der Waals surface area contributed by atoms with Gasteiger partial charge in [0.25, 0.3) is 21.6 Å². The molecule has 2 unspecified atom stereocenters. The van der Waals surface area contributed by atoms with Gasteiger partial charge in [-0.2, -0.15) is 0 Å². The summed E-state index contributed by atoms with van der Waals surface area (Å²) in [6.07, 6.45) is 9.53. The van der Waals surface area contributed by atoms with Crippen molar-refractivity contribution >= 4 is 44.0 Å². The minimum Gasteiger partial charge on any atom is -0.489 e. The second kappa shape index (κ2) is 17.3. The average molecular weight is 952 g/mol. The number of aliphatic hydroxyl groups is 2. The Morgan fingerprint density at radius 3 is 2.51 bits per heavy atom. The van der Waals surface area contributed by atoms with Gasteiger partial charge in [-0.25, -0.2) is 22.5 Å². The number of halogens is 1. The first kappa shape index (κ1) is 45.9. The number of benzene rings is 3. The molecule has 2 saturated carbocycles. The molecule has 16 nitrogen and oxygen atoms in total. The third kappa shape index (κ3) is 8.53. The monoisotopic (exact) mass is 951 g/mol. The summed E-state index contributed by atoms with van der Waals surface area (Å²) < 4.78 is 56.9. The third-order valence-electron chi connectivity index (χ3n) is 15.4. The predicted octanol–water partition coefficient (Wildman–Crippen LogP) is 8.10. The lowest BCUT2D eigenvalue weighted by molar-refractivity contribution is -0.384. The average Bonchev–Trinajstić information content (AvgIpc) is 3.88. The van der Waals surface area contributed by atoms with Crippen LogP contribution in [0.3, 0.4) is 0 Å². The first-order valence-corrected chi connectivity index (χ1v) is 25.2. The van der Waals surface area contributed by atoms with E-state index in [-0.39, 0.29) is 63.9 Å². The van der Waals surface area contributed by atoms with Crippen LogP contribution in [0.5, 0.6) is 17.2 Å². The van der Waals surface area contributed by atoms with Crippen LogP contribution in [0.2, 0.25) is 0 Å². The molecule has 68 heavy (non-hydrogen) atoms. The minimum absolute atomic E-state index is 0.0104. The number of nitrogens with one attached hydrogen (secondary N) is 3. The van der Waals surface area contributed by atoms with Crippen molar-refractivity contribution in [2.75, 3.05) is 43.0 Å². The van der Waals surface area contributed by atoms with Gasteiger partial charge < -0.3 is 34.9 Å². The molecule has 1 spiro atoms. The van der Waals surface area contributed by atoms with Crippen molar-refractivity contribution in [1.82, 2.24) is 19.6 Å². The summed E-state index contributed by atoms with van der Waals surface area (Å²) in [7, 11) is -4.73. The van der Waals surface area contributed by atoms with Crippen LogP contribution >= 0.6 is 0 Å². The fourth-order valence-electron chi connectivity index (χ4n) is 11.6. The van der Waals surface area contributed by atoms with E-state index in [2.05, 4.69) is 55.8 Å². The van der Waals surface area contributed by atoms with E-state index < -0.39 is 48.5 Å². The van der Waals surface area contributed by atoms with Gasteiger partial charge >= 0.3 is 0 Å². The highest BCUT2D eigenvalue weighted by Gasteiger charge is 2.54. The Balaban J connectivity index is 0.867. The van der Waals surface area contributed by atoms with Crippen LogP contribution in [-0.4, -0.2) is 94.8 Å². The van der Waals surface area contributed by atoms with Gasteiger partial charge in [0.2, 0.25) is 0 Å². The SMILES string of the molecule is CC(C)c1ccccc1C1(O)CCCC1N1CC2(CCN(c3ccc(C(=O)NS(=O)(=O)c4cc5c(c([N+](=O)[O-])c4)N[C@@H]([C@H]4CC[C@](C)(O)CC4)CO5)c(Oc4cnc5[nH]cc(F)c5c4)c3)CC2)C1. The summed E-state index contributed by atoms with van der Waals surface area (Å²) >= 11 is 0. The lowest BCUT2D eigenvalue weighted by Gasteiger charge is -2.58. The molecule has 5 N–H and O–H groups in total. The third-order valence-corrected chi connectivity index (χ3v) is 16.8. The summed E-state index contributed by atoms with van der Waals surface area (Å²) in [6.45, 7) is 9.46. The van der Waals surface area contributed by atoms with Gasteiger partial charge in [-0.3, -0.25) is 19.8 Å². The van der Waals surface area contributed by atoms with Crippen molar-refractivity contribution in [1.29, 1.82) is 0 Å². The molecule has 10 rings (SSSR count). The fraction of sp³-hybridized carbons (Fsp3) is 0.480. The lowest BCUT2D eigenvalue weighted by atomic mass is 9.69. The normalized spacial score (nSPS) is 25.9. The number of hydrogen-bond donors (Lipinski definition) is 5. The standard InChI is InChI=1S/C50H58FN7O9S/c1-30(2)35-7-4-5-8-38(35)50(61)14-6-9-44(50)57-28-49(29-57)17-19-56(20-18-49)32-10-11-36(42(21-32)67-33-22-37-39(51)26-53-46(37)52-25-33)47(59)55-68(64,65)34-23-41(58(62)63)45-43(24-34)66-27-40(54-45)31-12-15-48(3,60)16-13-31/h4-5,7-8,10-11,21-26,30-31,40,44,54,60-61H,6,9,12-20,27-29H2,1-3H3,(H,52,53)(H,55,59)/t31-,40-,44?,48-,50?/m1/s1. The van der Waals surface area contributed by atoms with Gasteiger partial charge in [0.1, 0.15) is 35.2 Å². The number of piperidine rings is 1. The highest BCUT2D eigenvalue weighted by Crippen LogP contribution is 2.51. The Morgan fingerprint density at radius 2 is 1.78 bits per heavy atom. The van der Waals surface area contributed by atoms with Crippen molar-refractivity contribution in [2.45, 2.75) is 113 Å². The maximum Gasteiger partial charge on any atom is 0.297 e. The summed E-state index contributed by atoms with van der Waals surface area (Å²) in [5, 5.41) is 38.5. The Kier molecular flexibility index (Phi) is 11.7. The van der Waals surface area contributed by atoms with E-state index >= 15 is 0 Å².